The van der Waals surface area contributed by atoms with Crippen molar-refractivity contribution in [2.45, 2.75) is 13.0 Å². The Morgan fingerprint density at radius 3 is 2.64 bits per heavy atom. The molecule has 0 fully saturated rings. The number of hydrogen-bond acceptors (Lipinski definition) is 4. The van der Waals surface area contributed by atoms with E-state index in [-0.39, 0.29) is 6.61 Å². The predicted molar refractivity (Wildman–Crippen MR) is 39.1 cm³/mol. The van der Waals surface area contributed by atoms with E-state index in [1.54, 1.807) is 0 Å². The van der Waals surface area contributed by atoms with Crippen molar-refractivity contribution in [2.75, 3.05) is 12.4 Å². The lowest BCUT2D eigenvalue weighted by molar-refractivity contribution is 0.265. The van der Waals surface area contributed by atoms with Gasteiger partial charge in [0.15, 0.2) is 5.75 Å². The summed E-state index contributed by atoms with van der Waals surface area (Å²) in [7, 11) is -3.51. The summed E-state index contributed by atoms with van der Waals surface area (Å²) in [5.74, 6) is -0.572. The number of rotatable bonds is 4. The Bertz CT molecular complexity index is 241. The standard InChI is InChI=1S/C5H10N2O3S/c1-5(4-8)7-11(9,10)3-2-6/h5,7-8H,3-4H2,1H3/t5-/m0/s1. The lowest BCUT2D eigenvalue weighted by Gasteiger charge is -2.08. The van der Waals surface area contributed by atoms with Crippen molar-refractivity contribution in [3.63, 3.8) is 0 Å². The van der Waals surface area contributed by atoms with E-state index >= 15 is 0 Å². The van der Waals surface area contributed by atoms with Crippen LogP contribution in [0.4, 0.5) is 0 Å². The largest absolute Gasteiger partial charge is 0.395 e. The molecular formula is C5H10N2O3S. The summed E-state index contributed by atoms with van der Waals surface area (Å²) in [6.07, 6.45) is 0. The van der Waals surface area contributed by atoms with Gasteiger partial charge in [-0.05, 0) is 6.92 Å². The van der Waals surface area contributed by atoms with Crippen LogP contribution >= 0.6 is 0 Å². The summed E-state index contributed by atoms with van der Waals surface area (Å²) in [6.45, 7) is 1.24. The molecule has 0 aliphatic carbocycles. The van der Waals surface area contributed by atoms with E-state index in [0.717, 1.165) is 0 Å². The molecular weight excluding hydrogens is 168 g/mol. The van der Waals surface area contributed by atoms with E-state index in [2.05, 4.69) is 4.72 Å². The van der Waals surface area contributed by atoms with Crippen molar-refractivity contribution in [3.8, 4) is 6.07 Å². The molecule has 2 N–H and O–H groups in total. The lowest BCUT2D eigenvalue weighted by Crippen LogP contribution is -2.36. The summed E-state index contributed by atoms with van der Waals surface area (Å²) in [6, 6.07) is 0.971. The minimum atomic E-state index is -3.51. The second kappa shape index (κ2) is 4.28. The molecule has 0 aliphatic heterocycles. The van der Waals surface area contributed by atoms with Gasteiger partial charge in [0.2, 0.25) is 10.0 Å². The van der Waals surface area contributed by atoms with Crippen LogP contribution in [0.1, 0.15) is 6.92 Å². The number of nitrogens with zero attached hydrogens (tertiary/aromatic N) is 1. The van der Waals surface area contributed by atoms with Crippen LogP contribution in [0, 0.1) is 11.3 Å². The van der Waals surface area contributed by atoms with E-state index in [0.29, 0.717) is 0 Å². The van der Waals surface area contributed by atoms with E-state index in [1.807, 2.05) is 0 Å². The Labute approximate surface area is 65.7 Å². The first-order valence-corrected chi connectivity index (χ1v) is 4.65. The molecule has 0 aromatic heterocycles. The third-order valence-electron chi connectivity index (χ3n) is 0.909. The molecule has 5 nitrogen and oxygen atoms in total. The minimum absolute atomic E-state index is 0.273. The highest BCUT2D eigenvalue weighted by atomic mass is 32.2. The fourth-order valence-corrected chi connectivity index (χ4v) is 1.41. The topological polar surface area (TPSA) is 90.2 Å². The third-order valence-corrected chi connectivity index (χ3v) is 2.18. The van der Waals surface area contributed by atoms with Crippen LogP contribution in [0.3, 0.4) is 0 Å². The van der Waals surface area contributed by atoms with Crippen LogP contribution in [0.15, 0.2) is 0 Å². The molecule has 0 spiro atoms. The van der Waals surface area contributed by atoms with Gasteiger partial charge < -0.3 is 5.11 Å². The van der Waals surface area contributed by atoms with E-state index in [9.17, 15) is 8.42 Å². The van der Waals surface area contributed by atoms with Crippen LogP contribution in [0.5, 0.6) is 0 Å². The Balaban J connectivity index is 4.05. The molecule has 11 heavy (non-hydrogen) atoms. The van der Waals surface area contributed by atoms with Crippen molar-refractivity contribution in [2.24, 2.45) is 0 Å². The second-order valence-electron chi connectivity index (χ2n) is 2.12. The van der Waals surface area contributed by atoms with Gasteiger partial charge in [0, 0.05) is 6.04 Å². The molecule has 0 unspecified atom stereocenters. The van der Waals surface area contributed by atoms with Gasteiger partial charge in [-0.1, -0.05) is 0 Å². The monoisotopic (exact) mass is 178 g/mol. The van der Waals surface area contributed by atoms with Crippen molar-refractivity contribution in [3.05, 3.63) is 0 Å². The predicted octanol–water partition coefficient (Wildman–Crippen LogP) is -1.19. The highest BCUT2D eigenvalue weighted by Gasteiger charge is 2.12. The quantitative estimate of drug-likeness (QED) is 0.566. The van der Waals surface area contributed by atoms with Crippen molar-refractivity contribution < 1.29 is 13.5 Å². The van der Waals surface area contributed by atoms with Crippen LogP contribution in [0.2, 0.25) is 0 Å². The molecule has 0 radical (unpaired) electrons. The Kier molecular flexibility index (Phi) is 4.03. The third kappa shape index (κ3) is 4.72. The molecule has 0 saturated carbocycles. The summed E-state index contributed by atoms with van der Waals surface area (Å²) in [4.78, 5) is 0. The number of hydrogen-bond donors (Lipinski definition) is 2. The molecule has 6 heteroatoms. The van der Waals surface area contributed by atoms with E-state index in [1.165, 1.54) is 13.0 Å². The van der Waals surface area contributed by atoms with Gasteiger partial charge in [0.25, 0.3) is 0 Å². The molecule has 0 heterocycles. The number of nitrogens with one attached hydrogen (secondary N) is 1. The zero-order valence-corrected chi connectivity index (χ0v) is 6.93. The van der Waals surface area contributed by atoms with Crippen LogP contribution in [-0.2, 0) is 10.0 Å². The Morgan fingerprint density at radius 2 is 2.27 bits per heavy atom. The highest BCUT2D eigenvalue weighted by Crippen LogP contribution is 1.86. The number of sulfonamides is 1. The summed E-state index contributed by atoms with van der Waals surface area (Å²) >= 11 is 0. The van der Waals surface area contributed by atoms with Crippen LogP contribution in [0.25, 0.3) is 0 Å². The van der Waals surface area contributed by atoms with Crippen LogP contribution in [-0.4, -0.2) is 31.9 Å². The average Bonchev–Trinajstić information content (AvgIpc) is 1.86. The van der Waals surface area contributed by atoms with Crippen LogP contribution < -0.4 is 4.72 Å². The van der Waals surface area contributed by atoms with E-state index < -0.39 is 21.8 Å². The molecule has 0 amide bonds. The fraction of sp³-hybridized carbons (Fsp3) is 0.800. The average molecular weight is 178 g/mol. The van der Waals surface area contributed by atoms with Gasteiger partial charge in [-0.2, -0.15) is 5.26 Å². The van der Waals surface area contributed by atoms with Crippen molar-refractivity contribution >= 4 is 10.0 Å². The maximum Gasteiger partial charge on any atom is 0.225 e. The maximum atomic E-state index is 10.8. The molecule has 1 atom stereocenters. The number of aliphatic hydroxyl groups is 1. The Hall–Kier alpha value is -0.640. The first-order valence-electron chi connectivity index (χ1n) is 2.99. The van der Waals surface area contributed by atoms with Gasteiger partial charge in [0.1, 0.15) is 0 Å². The van der Waals surface area contributed by atoms with Gasteiger partial charge in [-0.25, -0.2) is 13.1 Å². The SMILES string of the molecule is C[C@@H](CO)NS(=O)(=O)CC#N. The Morgan fingerprint density at radius 1 is 1.73 bits per heavy atom. The van der Waals surface area contributed by atoms with Gasteiger partial charge in [-0.3, -0.25) is 0 Å². The molecule has 0 bridgehead atoms. The first-order chi connectivity index (χ1) is 5.02. The number of aliphatic hydroxyl groups excluding tert-OH is 1. The fourth-order valence-electron chi connectivity index (χ4n) is 0.470. The molecule has 0 rings (SSSR count). The van der Waals surface area contributed by atoms with Gasteiger partial charge in [-0.15, -0.1) is 0 Å². The molecule has 0 aromatic rings. The zero-order chi connectivity index (χ0) is 8.91. The smallest absolute Gasteiger partial charge is 0.225 e. The lowest BCUT2D eigenvalue weighted by atomic mass is 10.4. The number of nitriles is 1. The zero-order valence-electron chi connectivity index (χ0n) is 6.11. The van der Waals surface area contributed by atoms with Gasteiger partial charge in [0.05, 0.1) is 12.7 Å². The molecule has 0 aromatic carbocycles. The molecule has 0 aliphatic rings. The summed E-state index contributed by atoms with van der Waals surface area (Å²) in [5.41, 5.74) is 0. The van der Waals surface area contributed by atoms with E-state index in [4.69, 9.17) is 10.4 Å². The maximum absolute atomic E-state index is 10.8. The summed E-state index contributed by atoms with van der Waals surface area (Å²) in [5, 5.41) is 16.5. The molecule has 0 saturated heterocycles. The minimum Gasteiger partial charge on any atom is -0.395 e. The molecule has 64 valence electrons. The first kappa shape index (κ1) is 10.4. The van der Waals surface area contributed by atoms with Crippen molar-refractivity contribution in [1.29, 1.82) is 5.26 Å². The summed E-state index contributed by atoms with van der Waals surface area (Å²) < 4.78 is 23.6. The van der Waals surface area contributed by atoms with Gasteiger partial charge >= 0.3 is 0 Å². The highest BCUT2D eigenvalue weighted by molar-refractivity contribution is 7.89. The van der Waals surface area contributed by atoms with Crippen molar-refractivity contribution in [1.82, 2.24) is 4.72 Å². The second-order valence-corrected chi connectivity index (χ2v) is 3.87. The normalized spacial score (nSPS) is 13.9.